The third kappa shape index (κ3) is 6.36. The number of halogens is 1. The zero-order valence-electron chi connectivity index (χ0n) is 15.8. The molecule has 0 fully saturated rings. The lowest BCUT2D eigenvalue weighted by Gasteiger charge is -2.12. The summed E-state index contributed by atoms with van der Waals surface area (Å²) in [6.45, 7) is 0.575. The number of amides is 2. The zero-order valence-corrected chi connectivity index (χ0v) is 16.6. The summed E-state index contributed by atoms with van der Waals surface area (Å²) in [5, 5.41) is 9.35. The normalized spacial score (nSPS) is 10.2. The lowest BCUT2D eigenvalue weighted by Crippen LogP contribution is -2.28. The molecule has 0 aliphatic carbocycles. The van der Waals surface area contributed by atoms with Crippen LogP contribution in [0.1, 0.15) is 15.9 Å². The summed E-state index contributed by atoms with van der Waals surface area (Å²) in [5.41, 5.74) is 2.93. The molecule has 0 aliphatic rings. The summed E-state index contributed by atoms with van der Waals surface area (Å²) >= 11 is 5.84. The number of rotatable bonds is 8. The minimum atomic E-state index is -0.216. The predicted molar refractivity (Wildman–Crippen MR) is 117 cm³/mol. The Bertz CT molecular complexity index is 959. The Kier molecular flexibility index (Phi) is 7.25. The lowest BCUT2D eigenvalue weighted by atomic mass is 10.1. The van der Waals surface area contributed by atoms with E-state index in [1.165, 1.54) is 0 Å². The number of para-hydroxylation sites is 1. The van der Waals surface area contributed by atoms with Gasteiger partial charge >= 0.3 is 0 Å². The third-order valence-electron chi connectivity index (χ3n) is 4.28. The third-order valence-corrected chi connectivity index (χ3v) is 4.53. The van der Waals surface area contributed by atoms with Gasteiger partial charge in [-0.25, -0.2) is 0 Å². The van der Waals surface area contributed by atoms with Crippen molar-refractivity contribution in [1.82, 2.24) is 5.32 Å². The lowest BCUT2D eigenvalue weighted by molar-refractivity contribution is -0.114. The number of nitrogens with one attached hydrogen (secondary N) is 3. The maximum atomic E-state index is 12.6. The van der Waals surface area contributed by atoms with Gasteiger partial charge in [-0.2, -0.15) is 0 Å². The number of benzene rings is 3. The molecule has 3 N–H and O–H groups in total. The van der Waals surface area contributed by atoms with E-state index in [0.717, 1.165) is 12.0 Å². The number of carbonyl (C=O) groups excluding carboxylic acids is 2. The van der Waals surface area contributed by atoms with Crippen LogP contribution in [-0.2, 0) is 11.2 Å². The first-order valence-electron chi connectivity index (χ1n) is 9.32. The Morgan fingerprint density at radius 2 is 1.52 bits per heavy atom. The zero-order chi connectivity index (χ0) is 20.5. The highest BCUT2D eigenvalue weighted by molar-refractivity contribution is 6.30. The summed E-state index contributed by atoms with van der Waals surface area (Å²) < 4.78 is 0. The molecular formula is C23H22ClN3O2. The molecule has 0 radical (unpaired) electrons. The molecule has 0 aromatic heterocycles. The highest BCUT2D eigenvalue weighted by atomic mass is 35.5. The minimum absolute atomic E-state index is 0.0386. The van der Waals surface area contributed by atoms with Gasteiger partial charge in [0, 0.05) is 22.9 Å². The topological polar surface area (TPSA) is 70.2 Å². The van der Waals surface area contributed by atoms with Gasteiger partial charge in [0.15, 0.2) is 0 Å². The standard InChI is InChI=1S/C23H22ClN3O2/c24-18-10-12-19(13-11-18)27-22(28)16-26-21-9-5-4-8-20(21)23(29)25-15-14-17-6-2-1-3-7-17/h1-13,26H,14-16H2,(H,25,29)(H,27,28). The van der Waals surface area contributed by atoms with E-state index in [9.17, 15) is 9.59 Å². The quantitative estimate of drug-likeness (QED) is 0.519. The van der Waals surface area contributed by atoms with Gasteiger partial charge in [-0.05, 0) is 48.4 Å². The van der Waals surface area contributed by atoms with Crippen LogP contribution in [0.4, 0.5) is 11.4 Å². The second-order valence-corrected chi connectivity index (χ2v) is 6.88. The summed E-state index contributed by atoms with van der Waals surface area (Å²) in [6.07, 6.45) is 0.756. The smallest absolute Gasteiger partial charge is 0.253 e. The van der Waals surface area contributed by atoms with Crippen molar-refractivity contribution in [2.45, 2.75) is 6.42 Å². The molecule has 3 aromatic carbocycles. The fourth-order valence-electron chi connectivity index (χ4n) is 2.81. The van der Waals surface area contributed by atoms with Crippen molar-refractivity contribution in [3.63, 3.8) is 0 Å². The molecule has 0 unspecified atom stereocenters. The maximum Gasteiger partial charge on any atom is 0.253 e. The fourth-order valence-corrected chi connectivity index (χ4v) is 2.94. The van der Waals surface area contributed by atoms with Crippen LogP contribution in [-0.4, -0.2) is 24.9 Å². The number of hydrogen-bond acceptors (Lipinski definition) is 3. The minimum Gasteiger partial charge on any atom is -0.376 e. The maximum absolute atomic E-state index is 12.6. The van der Waals surface area contributed by atoms with Crippen molar-refractivity contribution < 1.29 is 9.59 Å². The largest absolute Gasteiger partial charge is 0.376 e. The number of carbonyl (C=O) groups is 2. The summed E-state index contributed by atoms with van der Waals surface area (Å²) in [7, 11) is 0. The number of anilines is 2. The van der Waals surface area contributed by atoms with Crippen LogP contribution >= 0.6 is 11.6 Å². The van der Waals surface area contributed by atoms with Crippen LogP contribution < -0.4 is 16.0 Å². The molecule has 2 amide bonds. The molecule has 0 spiro atoms. The van der Waals surface area contributed by atoms with Crippen LogP contribution in [0.5, 0.6) is 0 Å². The average Bonchev–Trinajstić information content (AvgIpc) is 2.75. The van der Waals surface area contributed by atoms with Crippen LogP contribution in [0.15, 0.2) is 78.9 Å². The summed E-state index contributed by atoms with van der Waals surface area (Å²) in [4.78, 5) is 24.7. The van der Waals surface area contributed by atoms with E-state index in [1.807, 2.05) is 36.4 Å². The molecule has 0 saturated carbocycles. The van der Waals surface area contributed by atoms with Gasteiger partial charge in [0.1, 0.15) is 0 Å². The highest BCUT2D eigenvalue weighted by Gasteiger charge is 2.11. The first-order valence-corrected chi connectivity index (χ1v) is 9.70. The van der Waals surface area contributed by atoms with E-state index in [4.69, 9.17) is 11.6 Å². The van der Waals surface area contributed by atoms with Gasteiger partial charge in [-0.15, -0.1) is 0 Å². The SMILES string of the molecule is O=C(CNc1ccccc1C(=O)NCCc1ccccc1)Nc1ccc(Cl)cc1. The van der Waals surface area contributed by atoms with E-state index in [-0.39, 0.29) is 18.4 Å². The van der Waals surface area contributed by atoms with E-state index in [1.54, 1.807) is 42.5 Å². The highest BCUT2D eigenvalue weighted by Crippen LogP contribution is 2.16. The van der Waals surface area contributed by atoms with Crippen LogP contribution in [0.25, 0.3) is 0 Å². The monoisotopic (exact) mass is 407 g/mol. The second kappa shape index (κ2) is 10.3. The fraction of sp³-hybridized carbons (Fsp3) is 0.130. The average molecular weight is 408 g/mol. The van der Waals surface area contributed by atoms with E-state index >= 15 is 0 Å². The van der Waals surface area contributed by atoms with Crippen molar-refractivity contribution in [2.24, 2.45) is 0 Å². The van der Waals surface area contributed by atoms with Crippen molar-refractivity contribution in [3.8, 4) is 0 Å². The Hall–Kier alpha value is -3.31. The van der Waals surface area contributed by atoms with E-state index in [0.29, 0.717) is 28.5 Å². The van der Waals surface area contributed by atoms with Crippen LogP contribution in [0, 0.1) is 0 Å². The van der Waals surface area contributed by atoms with Gasteiger partial charge in [0.25, 0.3) is 5.91 Å². The van der Waals surface area contributed by atoms with Gasteiger partial charge in [0.2, 0.25) is 5.91 Å². The molecule has 148 valence electrons. The molecule has 5 nitrogen and oxygen atoms in total. The van der Waals surface area contributed by atoms with Crippen LogP contribution in [0.3, 0.4) is 0 Å². The van der Waals surface area contributed by atoms with Gasteiger partial charge < -0.3 is 16.0 Å². The van der Waals surface area contributed by atoms with Gasteiger partial charge in [-0.1, -0.05) is 54.1 Å². The van der Waals surface area contributed by atoms with E-state index in [2.05, 4.69) is 16.0 Å². The molecule has 0 aliphatic heterocycles. The molecule has 0 atom stereocenters. The summed E-state index contributed by atoms with van der Waals surface area (Å²) in [6, 6.07) is 24.0. The molecule has 0 saturated heterocycles. The Morgan fingerprint density at radius 1 is 0.828 bits per heavy atom. The van der Waals surface area contributed by atoms with E-state index < -0.39 is 0 Å². The van der Waals surface area contributed by atoms with Crippen LogP contribution in [0.2, 0.25) is 5.02 Å². The molecule has 0 heterocycles. The van der Waals surface area contributed by atoms with Crippen molar-refractivity contribution in [3.05, 3.63) is 95.0 Å². The van der Waals surface area contributed by atoms with Gasteiger partial charge in [0.05, 0.1) is 12.1 Å². The number of hydrogen-bond donors (Lipinski definition) is 3. The predicted octanol–water partition coefficient (Wildman–Crippen LogP) is 4.36. The van der Waals surface area contributed by atoms with Crippen molar-refractivity contribution in [1.29, 1.82) is 0 Å². The Balaban J connectivity index is 1.53. The molecule has 3 rings (SSSR count). The van der Waals surface area contributed by atoms with Crippen molar-refractivity contribution in [2.75, 3.05) is 23.7 Å². The second-order valence-electron chi connectivity index (χ2n) is 6.45. The molecule has 29 heavy (non-hydrogen) atoms. The molecular weight excluding hydrogens is 386 g/mol. The van der Waals surface area contributed by atoms with Gasteiger partial charge in [-0.3, -0.25) is 9.59 Å². The van der Waals surface area contributed by atoms with Crippen molar-refractivity contribution >= 4 is 34.8 Å². The Labute approximate surface area is 175 Å². The Morgan fingerprint density at radius 3 is 2.28 bits per heavy atom. The first kappa shape index (κ1) is 20.4. The molecule has 0 bridgehead atoms. The molecule has 3 aromatic rings. The molecule has 6 heteroatoms. The first-order chi connectivity index (χ1) is 14.1. The summed E-state index contributed by atoms with van der Waals surface area (Å²) in [5.74, 6) is -0.395.